The zero-order valence-electron chi connectivity index (χ0n) is 9.40. The van der Waals surface area contributed by atoms with Crippen molar-refractivity contribution in [3.63, 3.8) is 0 Å². The van der Waals surface area contributed by atoms with Gasteiger partial charge < -0.3 is 9.84 Å². The summed E-state index contributed by atoms with van der Waals surface area (Å²) in [5.74, 6) is 0.114. The summed E-state index contributed by atoms with van der Waals surface area (Å²) < 4.78 is 5.13. The summed E-state index contributed by atoms with van der Waals surface area (Å²) in [5.41, 5.74) is 1.45. The number of hydrogen-bond acceptors (Lipinski definition) is 2. The van der Waals surface area contributed by atoms with Gasteiger partial charge in [0.1, 0.15) is 11.3 Å². The van der Waals surface area contributed by atoms with Gasteiger partial charge in [0, 0.05) is 0 Å². The number of aromatic carboxylic acids is 1. The Kier molecular flexibility index (Phi) is 3.13. The number of ether oxygens (including phenoxy) is 1. The Hall–Kier alpha value is -1.51. The van der Waals surface area contributed by atoms with Crippen LogP contribution in [0.1, 0.15) is 47.5 Å². The SMILES string of the molecule is COc1cc(C2CCCC2)ccc1C(=O)O. The normalized spacial score (nSPS) is 16.3. The third-order valence-corrected chi connectivity index (χ3v) is 3.28. The number of carboxylic acids is 1. The van der Waals surface area contributed by atoms with Crippen molar-refractivity contribution in [2.24, 2.45) is 0 Å². The highest BCUT2D eigenvalue weighted by molar-refractivity contribution is 5.91. The van der Waals surface area contributed by atoms with Crippen molar-refractivity contribution in [3.8, 4) is 5.75 Å². The lowest BCUT2D eigenvalue weighted by molar-refractivity contribution is 0.0693. The molecule has 3 nitrogen and oxygen atoms in total. The molecule has 0 aliphatic heterocycles. The fraction of sp³-hybridized carbons (Fsp3) is 0.462. The average Bonchev–Trinajstić information content (AvgIpc) is 2.81. The maximum atomic E-state index is 10.9. The van der Waals surface area contributed by atoms with Crippen LogP contribution < -0.4 is 4.74 Å². The Morgan fingerprint density at radius 3 is 2.62 bits per heavy atom. The van der Waals surface area contributed by atoms with E-state index in [1.54, 1.807) is 6.07 Å². The molecule has 16 heavy (non-hydrogen) atoms. The number of carbonyl (C=O) groups is 1. The fourth-order valence-corrected chi connectivity index (χ4v) is 2.40. The van der Waals surface area contributed by atoms with Crippen LogP contribution in [-0.4, -0.2) is 18.2 Å². The van der Waals surface area contributed by atoms with Crippen molar-refractivity contribution in [1.29, 1.82) is 0 Å². The minimum atomic E-state index is -0.935. The molecule has 1 aromatic carbocycles. The lowest BCUT2D eigenvalue weighted by Crippen LogP contribution is -2.02. The second-order valence-electron chi connectivity index (χ2n) is 4.25. The second kappa shape index (κ2) is 4.56. The number of carboxylic acid groups (broad SMARTS) is 1. The van der Waals surface area contributed by atoms with Crippen molar-refractivity contribution >= 4 is 5.97 Å². The molecule has 3 heteroatoms. The molecule has 1 aliphatic carbocycles. The largest absolute Gasteiger partial charge is 0.496 e. The van der Waals surface area contributed by atoms with Crippen LogP contribution in [0.4, 0.5) is 0 Å². The molecule has 0 radical (unpaired) electrons. The molecule has 0 bridgehead atoms. The third kappa shape index (κ3) is 2.03. The van der Waals surface area contributed by atoms with Crippen LogP contribution in [0.5, 0.6) is 5.75 Å². The van der Waals surface area contributed by atoms with Crippen LogP contribution >= 0.6 is 0 Å². The third-order valence-electron chi connectivity index (χ3n) is 3.28. The average molecular weight is 220 g/mol. The Balaban J connectivity index is 2.32. The van der Waals surface area contributed by atoms with Crippen molar-refractivity contribution < 1.29 is 14.6 Å². The first kappa shape index (κ1) is 11.0. The van der Waals surface area contributed by atoms with E-state index in [9.17, 15) is 4.79 Å². The smallest absolute Gasteiger partial charge is 0.339 e. The van der Waals surface area contributed by atoms with E-state index in [4.69, 9.17) is 9.84 Å². The van der Waals surface area contributed by atoms with Gasteiger partial charge in [-0.1, -0.05) is 18.9 Å². The van der Waals surface area contributed by atoms with Gasteiger partial charge in [-0.3, -0.25) is 0 Å². The molecule has 86 valence electrons. The minimum Gasteiger partial charge on any atom is -0.496 e. The molecule has 1 N–H and O–H groups in total. The summed E-state index contributed by atoms with van der Waals surface area (Å²) in [6.07, 6.45) is 4.95. The van der Waals surface area contributed by atoms with Gasteiger partial charge in [0.2, 0.25) is 0 Å². The predicted molar refractivity (Wildman–Crippen MR) is 61.2 cm³/mol. The van der Waals surface area contributed by atoms with Gasteiger partial charge in [-0.25, -0.2) is 4.79 Å². The molecule has 1 fully saturated rings. The van der Waals surface area contributed by atoms with E-state index < -0.39 is 5.97 Å². The molecule has 0 heterocycles. The van der Waals surface area contributed by atoms with Crippen molar-refractivity contribution in [1.82, 2.24) is 0 Å². The molecule has 0 aromatic heterocycles. The lowest BCUT2D eigenvalue weighted by atomic mass is 9.96. The highest BCUT2D eigenvalue weighted by atomic mass is 16.5. The van der Waals surface area contributed by atoms with Gasteiger partial charge in [-0.15, -0.1) is 0 Å². The highest BCUT2D eigenvalue weighted by Gasteiger charge is 2.19. The summed E-state index contributed by atoms with van der Waals surface area (Å²) in [6.45, 7) is 0. The molecule has 1 aliphatic rings. The van der Waals surface area contributed by atoms with Crippen molar-refractivity contribution in [3.05, 3.63) is 29.3 Å². The minimum absolute atomic E-state index is 0.240. The maximum absolute atomic E-state index is 10.9. The van der Waals surface area contributed by atoms with Crippen LogP contribution in [0.2, 0.25) is 0 Å². The molecule has 0 atom stereocenters. The first-order valence-electron chi connectivity index (χ1n) is 5.63. The van der Waals surface area contributed by atoms with E-state index in [1.807, 2.05) is 12.1 Å². The molecule has 0 spiro atoms. The van der Waals surface area contributed by atoms with E-state index >= 15 is 0 Å². The van der Waals surface area contributed by atoms with E-state index in [0.29, 0.717) is 11.7 Å². The Morgan fingerprint density at radius 2 is 2.06 bits per heavy atom. The van der Waals surface area contributed by atoms with Gasteiger partial charge >= 0.3 is 5.97 Å². The molecular formula is C13H16O3. The first-order valence-corrected chi connectivity index (χ1v) is 5.63. The summed E-state index contributed by atoms with van der Waals surface area (Å²) in [7, 11) is 1.51. The topological polar surface area (TPSA) is 46.5 Å². The Bertz CT molecular complexity index is 392. The number of hydrogen-bond donors (Lipinski definition) is 1. The van der Waals surface area contributed by atoms with Crippen LogP contribution in [0, 0.1) is 0 Å². The van der Waals surface area contributed by atoms with Crippen molar-refractivity contribution in [2.45, 2.75) is 31.6 Å². The molecule has 1 aromatic rings. The molecule has 1 saturated carbocycles. The van der Waals surface area contributed by atoms with Crippen LogP contribution in [-0.2, 0) is 0 Å². The molecule has 0 amide bonds. The Labute approximate surface area is 95.0 Å². The predicted octanol–water partition coefficient (Wildman–Crippen LogP) is 3.05. The van der Waals surface area contributed by atoms with Gasteiger partial charge in [0.25, 0.3) is 0 Å². The van der Waals surface area contributed by atoms with Crippen LogP contribution in [0.3, 0.4) is 0 Å². The number of benzene rings is 1. The standard InChI is InChI=1S/C13H16O3/c1-16-12-8-10(9-4-2-3-5-9)6-7-11(12)13(14)15/h6-9H,2-5H2,1H3,(H,14,15). The molecule has 0 unspecified atom stereocenters. The first-order chi connectivity index (χ1) is 7.72. The van der Waals surface area contributed by atoms with E-state index in [1.165, 1.54) is 38.4 Å². The summed E-state index contributed by atoms with van der Waals surface area (Å²) in [5, 5.41) is 8.97. The zero-order chi connectivity index (χ0) is 11.5. The highest BCUT2D eigenvalue weighted by Crippen LogP contribution is 2.36. The van der Waals surface area contributed by atoms with Gasteiger partial charge in [-0.2, -0.15) is 0 Å². The van der Waals surface area contributed by atoms with Crippen LogP contribution in [0.25, 0.3) is 0 Å². The van der Waals surface area contributed by atoms with Gasteiger partial charge in [0.05, 0.1) is 7.11 Å². The van der Waals surface area contributed by atoms with Gasteiger partial charge in [-0.05, 0) is 36.5 Å². The van der Waals surface area contributed by atoms with Crippen molar-refractivity contribution in [2.75, 3.05) is 7.11 Å². The second-order valence-corrected chi connectivity index (χ2v) is 4.25. The fourth-order valence-electron chi connectivity index (χ4n) is 2.40. The molecular weight excluding hydrogens is 204 g/mol. The lowest BCUT2D eigenvalue weighted by Gasteiger charge is -2.12. The van der Waals surface area contributed by atoms with E-state index in [0.717, 1.165) is 0 Å². The summed E-state index contributed by atoms with van der Waals surface area (Å²) in [6, 6.07) is 5.44. The van der Waals surface area contributed by atoms with Gasteiger partial charge in [0.15, 0.2) is 0 Å². The monoisotopic (exact) mass is 220 g/mol. The summed E-state index contributed by atoms with van der Waals surface area (Å²) in [4.78, 5) is 10.9. The maximum Gasteiger partial charge on any atom is 0.339 e. The van der Waals surface area contributed by atoms with Crippen LogP contribution in [0.15, 0.2) is 18.2 Å². The quantitative estimate of drug-likeness (QED) is 0.851. The summed E-state index contributed by atoms with van der Waals surface area (Å²) >= 11 is 0. The Morgan fingerprint density at radius 1 is 1.38 bits per heavy atom. The number of methoxy groups -OCH3 is 1. The van der Waals surface area contributed by atoms with E-state index in [-0.39, 0.29) is 5.56 Å². The number of rotatable bonds is 3. The molecule has 0 saturated heterocycles. The van der Waals surface area contributed by atoms with E-state index in [2.05, 4.69) is 0 Å². The molecule has 2 rings (SSSR count). The zero-order valence-corrected chi connectivity index (χ0v) is 9.40.